The molecule has 0 bridgehead atoms. The number of ether oxygens (including phenoxy) is 1. The number of benzene rings is 2. The fourth-order valence-corrected chi connectivity index (χ4v) is 4.12. The number of piperidine rings is 1. The average Bonchev–Trinajstić information content (AvgIpc) is 2.72. The van der Waals surface area contributed by atoms with E-state index in [0.29, 0.717) is 29.3 Å². The first kappa shape index (κ1) is 18.7. The predicted octanol–water partition coefficient (Wildman–Crippen LogP) is 3.55. The Labute approximate surface area is 165 Å². The van der Waals surface area contributed by atoms with E-state index in [2.05, 4.69) is 40.5 Å². The van der Waals surface area contributed by atoms with E-state index in [1.807, 2.05) is 0 Å². The second-order valence-electron chi connectivity index (χ2n) is 7.72. The number of nitrogens with one attached hydrogen (secondary N) is 1. The van der Waals surface area contributed by atoms with Crippen LogP contribution in [0.25, 0.3) is 0 Å². The van der Waals surface area contributed by atoms with E-state index >= 15 is 0 Å². The summed E-state index contributed by atoms with van der Waals surface area (Å²) >= 11 is 0. The van der Waals surface area contributed by atoms with Crippen LogP contribution < -0.4 is 10.1 Å². The van der Waals surface area contributed by atoms with Gasteiger partial charge in [-0.3, -0.25) is 9.59 Å². The van der Waals surface area contributed by atoms with Gasteiger partial charge in [-0.05, 0) is 55.5 Å². The molecule has 2 aliphatic rings. The first-order valence-electron chi connectivity index (χ1n) is 10.0. The molecule has 1 amide bonds. The molecule has 146 valence electrons. The van der Waals surface area contributed by atoms with Crippen molar-refractivity contribution in [3.05, 3.63) is 59.7 Å². The Kier molecular flexibility index (Phi) is 5.72. The molecule has 5 nitrogen and oxygen atoms in total. The first-order valence-corrected chi connectivity index (χ1v) is 10.0. The van der Waals surface area contributed by atoms with Crippen LogP contribution >= 0.6 is 0 Å². The number of amides is 1. The topological polar surface area (TPSA) is 58.6 Å². The van der Waals surface area contributed by atoms with Gasteiger partial charge in [0.1, 0.15) is 5.75 Å². The summed E-state index contributed by atoms with van der Waals surface area (Å²) in [5, 5.41) is 2.75. The van der Waals surface area contributed by atoms with Gasteiger partial charge in [0.15, 0.2) is 12.4 Å². The highest BCUT2D eigenvalue weighted by Crippen LogP contribution is 2.29. The quantitative estimate of drug-likeness (QED) is 0.781. The molecule has 0 spiro atoms. The molecule has 2 aromatic carbocycles. The van der Waals surface area contributed by atoms with Crippen LogP contribution in [0, 0.1) is 5.92 Å². The number of hydrogen-bond acceptors (Lipinski definition) is 4. The number of likely N-dealkylation sites (tertiary alicyclic amines) is 1. The van der Waals surface area contributed by atoms with Gasteiger partial charge >= 0.3 is 0 Å². The standard InChI is InChI=1S/C23H26N2O3/c26-21(19-8-9-20-22(14-19)28-16-23(27)24-20)10-12-25-11-4-7-18(15-25)13-17-5-2-1-3-6-17/h1-3,5-6,8-9,14,18H,4,7,10-13,15-16H2,(H,24,27)/t18-/m1/s1. The van der Waals surface area contributed by atoms with Crippen LogP contribution in [0.15, 0.2) is 48.5 Å². The summed E-state index contributed by atoms with van der Waals surface area (Å²) in [6.45, 7) is 2.92. The molecule has 1 atom stereocenters. The van der Waals surface area contributed by atoms with Crippen molar-refractivity contribution >= 4 is 17.4 Å². The number of ketones is 1. The molecule has 4 rings (SSSR count). The molecular weight excluding hydrogens is 352 g/mol. The number of carbonyl (C=O) groups excluding carboxylic acids is 2. The van der Waals surface area contributed by atoms with Crippen LogP contribution in [0.4, 0.5) is 5.69 Å². The highest BCUT2D eigenvalue weighted by atomic mass is 16.5. The maximum Gasteiger partial charge on any atom is 0.262 e. The Hall–Kier alpha value is -2.66. The molecule has 0 radical (unpaired) electrons. The summed E-state index contributed by atoms with van der Waals surface area (Å²) in [6.07, 6.45) is 4.06. The molecule has 1 fully saturated rings. The molecule has 2 heterocycles. The molecule has 2 aliphatic heterocycles. The monoisotopic (exact) mass is 378 g/mol. The van der Waals surface area contributed by atoms with Gasteiger partial charge in [-0.15, -0.1) is 0 Å². The lowest BCUT2D eigenvalue weighted by atomic mass is 9.91. The summed E-state index contributed by atoms with van der Waals surface area (Å²) in [5.74, 6) is 1.19. The third-order valence-electron chi connectivity index (χ3n) is 5.56. The van der Waals surface area contributed by atoms with E-state index in [4.69, 9.17) is 4.74 Å². The van der Waals surface area contributed by atoms with Crippen LogP contribution in [0.5, 0.6) is 5.75 Å². The van der Waals surface area contributed by atoms with E-state index in [1.54, 1.807) is 18.2 Å². The first-order chi connectivity index (χ1) is 13.7. The molecule has 2 aromatic rings. The van der Waals surface area contributed by atoms with Gasteiger partial charge in [0.25, 0.3) is 5.91 Å². The molecule has 1 saturated heterocycles. The van der Waals surface area contributed by atoms with Crippen LogP contribution in [0.3, 0.4) is 0 Å². The van der Waals surface area contributed by atoms with Gasteiger partial charge in [0, 0.05) is 25.1 Å². The summed E-state index contributed by atoms with van der Waals surface area (Å²) in [6, 6.07) is 15.9. The van der Waals surface area contributed by atoms with Crippen molar-refractivity contribution in [3.8, 4) is 5.75 Å². The SMILES string of the molecule is O=C1COc2cc(C(=O)CCN3CCC[C@H](Cc4ccccc4)C3)ccc2N1. The molecule has 0 aliphatic carbocycles. The van der Waals surface area contributed by atoms with Gasteiger partial charge in [-0.1, -0.05) is 30.3 Å². The van der Waals surface area contributed by atoms with Gasteiger partial charge in [0.2, 0.25) is 0 Å². The lowest BCUT2D eigenvalue weighted by Gasteiger charge is -2.32. The summed E-state index contributed by atoms with van der Waals surface area (Å²) in [4.78, 5) is 26.4. The van der Waals surface area contributed by atoms with Gasteiger partial charge < -0.3 is 15.0 Å². The van der Waals surface area contributed by atoms with Gasteiger partial charge in [-0.25, -0.2) is 0 Å². The minimum atomic E-state index is -0.165. The Morgan fingerprint density at radius 2 is 2.04 bits per heavy atom. The third kappa shape index (κ3) is 4.60. The van der Waals surface area contributed by atoms with Crippen LogP contribution in [-0.2, 0) is 11.2 Å². The third-order valence-corrected chi connectivity index (χ3v) is 5.56. The highest BCUT2D eigenvalue weighted by molar-refractivity contribution is 5.99. The predicted molar refractivity (Wildman–Crippen MR) is 109 cm³/mol. The maximum atomic E-state index is 12.6. The molecule has 5 heteroatoms. The van der Waals surface area contributed by atoms with Crippen LogP contribution in [0.2, 0.25) is 0 Å². The Morgan fingerprint density at radius 1 is 1.18 bits per heavy atom. The lowest BCUT2D eigenvalue weighted by Crippen LogP contribution is -2.37. The molecule has 0 unspecified atom stereocenters. The zero-order chi connectivity index (χ0) is 19.3. The van der Waals surface area contributed by atoms with Crippen molar-refractivity contribution in [1.29, 1.82) is 0 Å². The number of nitrogens with zero attached hydrogens (tertiary/aromatic N) is 1. The highest BCUT2D eigenvalue weighted by Gasteiger charge is 2.22. The van der Waals surface area contributed by atoms with E-state index in [0.717, 1.165) is 26.1 Å². The number of carbonyl (C=O) groups is 2. The van der Waals surface area contributed by atoms with Crippen LogP contribution in [-0.4, -0.2) is 42.8 Å². The summed E-state index contributed by atoms with van der Waals surface area (Å²) in [7, 11) is 0. The second-order valence-corrected chi connectivity index (χ2v) is 7.72. The summed E-state index contributed by atoms with van der Waals surface area (Å²) < 4.78 is 5.42. The molecular formula is C23H26N2O3. The molecule has 0 saturated carbocycles. The smallest absolute Gasteiger partial charge is 0.262 e. The van der Waals surface area contributed by atoms with Crippen molar-refractivity contribution < 1.29 is 14.3 Å². The fraction of sp³-hybridized carbons (Fsp3) is 0.391. The molecule has 28 heavy (non-hydrogen) atoms. The number of anilines is 1. The number of rotatable bonds is 6. The minimum absolute atomic E-state index is 0.00121. The van der Waals surface area contributed by atoms with Crippen LogP contribution in [0.1, 0.15) is 35.2 Å². The minimum Gasteiger partial charge on any atom is -0.482 e. The fourth-order valence-electron chi connectivity index (χ4n) is 4.12. The van der Waals surface area contributed by atoms with Crippen molar-refractivity contribution in [1.82, 2.24) is 4.90 Å². The zero-order valence-electron chi connectivity index (χ0n) is 16.0. The lowest BCUT2D eigenvalue weighted by molar-refractivity contribution is -0.118. The van der Waals surface area contributed by atoms with Crippen molar-refractivity contribution in [2.45, 2.75) is 25.7 Å². The normalized spacial score (nSPS) is 19.4. The average molecular weight is 378 g/mol. The number of hydrogen-bond donors (Lipinski definition) is 1. The summed E-state index contributed by atoms with van der Waals surface area (Å²) in [5.41, 5.74) is 2.67. The van der Waals surface area contributed by atoms with E-state index < -0.39 is 0 Å². The largest absolute Gasteiger partial charge is 0.482 e. The Bertz CT molecular complexity index is 850. The molecule has 1 N–H and O–H groups in total. The zero-order valence-corrected chi connectivity index (χ0v) is 16.0. The van der Waals surface area contributed by atoms with Crippen molar-refractivity contribution in [2.24, 2.45) is 5.92 Å². The van der Waals surface area contributed by atoms with Crippen molar-refractivity contribution in [3.63, 3.8) is 0 Å². The van der Waals surface area contributed by atoms with Gasteiger partial charge in [0.05, 0.1) is 5.69 Å². The number of Topliss-reactive ketones (excluding diaryl/α,β-unsaturated/α-hetero) is 1. The Balaban J connectivity index is 1.30. The van der Waals surface area contributed by atoms with Gasteiger partial charge in [-0.2, -0.15) is 0 Å². The van der Waals surface area contributed by atoms with E-state index in [-0.39, 0.29) is 18.3 Å². The molecule has 0 aromatic heterocycles. The number of fused-ring (bicyclic) bond motifs is 1. The Morgan fingerprint density at radius 3 is 2.89 bits per heavy atom. The second kappa shape index (κ2) is 8.57. The van der Waals surface area contributed by atoms with Crippen molar-refractivity contribution in [2.75, 3.05) is 31.6 Å². The van der Waals surface area contributed by atoms with E-state index in [1.165, 1.54) is 18.4 Å². The maximum absolute atomic E-state index is 12.6. The van der Waals surface area contributed by atoms with E-state index in [9.17, 15) is 9.59 Å².